The zero-order chi connectivity index (χ0) is 9.56. The first kappa shape index (κ1) is 11.0. The molecule has 0 aliphatic rings. The molecule has 2 nitrogen and oxygen atoms in total. The highest BCUT2D eigenvalue weighted by molar-refractivity contribution is 5.24. The number of aliphatic hydroxyl groups excluding tert-OH is 1. The first-order valence-electron chi connectivity index (χ1n) is 3.93. The van der Waals surface area contributed by atoms with Gasteiger partial charge in [-0.1, -0.05) is 18.7 Å². The molecule has 2 heteroatoms. The largest absolute Gasteiger partial charge is 0.395 e. The predicted molar refractivity (Wildman–Crippen MR) is 52.8 cm³/mol. The number of aliphatic hydroxyl groups is 1. The van der Waals surface area contributed by atoms with E-state index in [0.717, 1.165) is 11.3 Å². The molecule has 0 bridgehead atoms. The molecule has 12 heavy (non-hydrogen) atoms. The highest BCUT2D eigenvalue weighted by Gasteiger charge is 1.98. The van der Waals surface area contributed by atoms with E-state index in [1.165, 1.54) is 0 Å². The van der Waals surface area contributed by atoms with Crippen molar-refractivity contribution in [3.05, 3.63) is 36.6 Å². The van der Waals surface area contributed by atoms with Crippen LogP contribution in [0.15, 0.2) is 36.6 Å². The van der Waals surface area contributed by atoms with Gasteiger partial charge in [0.2, 0.25) is 0 Å². The van der Waals surface area contributed by atoms with E-state index in [9.17, 15) is 0 Å². The first-order valence-corrected chi connectivity index (χ1v) is 3.93. The Balaban J connectivity index is 4.33. The van der Waals surface area contributed by atoms with Crippen LogP contribution in [0.2, 0.25) is 0 Å². The van der Waals surface area contributed by atoms with Crippen LogP contribution in [-0.2, 0) is 0 Å². The van der Waals surface area contributed by atoms with Crippen molar-refractivity contribution in [3.8, 4) is 0 Å². The predicted octanol–water partition coefficient (Wildman–Crippen LogP) is 1.56. The zero-order valence-electron chi connectivity index (χ0n) is 7.88. The van der Waals surface area contributed by atoms with E-state index in [4.69, 9.17) is 5.11 Å². The van der Waals surface area contributed by atoms with E-state index in [1.54, 1.807) is 6.08 Å². The molecule has 0 saturated heterocycles. The van der Waals surface area contributed by atoms with Gasteiger partial charge in [0.05, 0.1) is 6.61 Å². The second-order valence-corrected chi connectivity index (χ2v) is 2.76. The molecule has 0 aliphatic carbocycles. The lowest BCUT2D eigenvalue weighted by molar-refractivity contribution is 0.249. The molecule has 0 saturated carbocycles. The molecule has 0 aromatic rings. The number of nitrogens with zero attached hydrogens (tertiary/aromatic N) is 1. The van der Waals surface area contributed by atoms with Gasteiger partial charge in [0.15, 0.2) is 0 Å². The Bertz CT molecular complexity index is 194. The smallest absolute Gasteiger partial charge is 0.0606 e. The van der Waals surface area contributed by atoms with Gasteiger partial charge in [-0.05, 0) is 19.1 Å². The fraction of sp³-hybridized carbons (Fsp3) is 0.400. The van der Waals surface area contributed by atoms with Gasteiger partial charge in [0.1, 0.15) is 0 Å². The van der Waals surface area contributed by atoms with Crippen molar-refractivity contribution in [2.75, 3.05) is 20.2 Å². The molecule has 0 unspecified atom stereocenters. The molecular formula is C10H17NO. The van der Waals surface area contributed by atoms with Crippen LogP contribution in [0.1, 0.15) is 6.92 Å². The maximum atomic E-state index is 8.69. The molecule has 0 spiro atoms. The Hall–Kier alpha value is -1.02. The van der Waals surface area contributed by atoms with E-state index in [-0.39, 0.29) is 6.61 Å². The number of hydrogen-bond donors (Lipinski definition) is 1. The molecule has 68 valence electrons. The molecule has 0 radical (unpaired) electrons. The quantitative estimate of drug-likeness (QED) is 0.628. The maximum absolute atomic E-state index is 8.69. The van der Waals surface area contributed by atoms with E-state index in [2.05, 4.69) is 13.2 Å². The summed E-state index contributed by atoms with van der Waals surface area (Å²) in [5, 5.41) is 8.69. The van der Waals surface area contributed by atoms with Crippen LogP contribution in [0, 0.1) is 0 Å². The molecule has 0 aromatic carbocycles. The Morgan fingerprint density at radius 1 is 1.58 bits per heavy atom. The van der Waals surface area contributed by atoms with Crippen LogP contribution in [0.25, 0.3) is 0 Å². The van der Waals surface area contributed by atoms with E-state index < -0.39 is 0 Å². The summed E-state index contributed by atoms with van der Waals surface area (Å²) in [6, 6.07) is 0. The van der Waals surface area contributed by atoms with Crippen LogP contribution in [0.4, 0.5) is 0 Å². The SMILES string of the molecule is C=C/C(=C\C(=C)C)N(C)CCO. The lowest BCUT2D eigenvalue weighted by Gasteiger charge is -2.18. The number of likely N-dealkylation sites (N-methyl/N-ethyl adjacent to an activating group) is 1. The van der Waals surface area contributed by atoms with Gasteiger partial charge in [0.25, 0.3) is 0 Å². The topological polar surface area (TPSA) is 23.5 Å². The third-order valence-electron chi connectivity index (χ3n) is 1.48. The molecule has 0 rings (SSSR count). The van der Waals surface area contributed by atoms with E-state index >= 15 is 0 Å². The van der Waals surface area contributed by atoms with Crippen molar-refractivity contribution in [1.29, 1.82) is 0 Å². The van der Waals surface area contributed by atoms with Crippen molar-refractivity contribution in [3.63, 3.8) is 0 Å². The van der Waals surface area contributed by atoms with Crippen molar-refractivity contribution >= 4 is 0 Å². The van der Waals surface area contributed by atoms with Gasteiger partial charge in [-0.25, -0.2) is 0 Å². The summed E-state index contributed by atoms with van der Waals surface area (Å²) in [4.78, 5) is 1.93. The fourth-order valence-corrected chi connectivity index (χ4v) is 0.857. The van der Waals surface area contributed by atoms with Crippen molar-refractivity contribution in [2.24, 2.45) is 0 Å². The highest BCUT2D eigenvalue weighted by atomic mass is 16.3. The van der Waals surface area contributed by atoms with Crippen LogP contribution in [-0.4, -0.2) is 30.2 Å². The van der Waals surface area contributed by atoms with Gasteiger partial charge in [-0.3, -0.25) is 0 Å². The van der Waals surface area contributed by atoms with Crippen LogP contribution in [0.3, 0.4) is 0 Å². The Morgan fingerprint density at radius 2 is 2.17 bits per heavy atom. The first-order chi connectivity index (χ1) is 5.61. The molecule has 0 atom stereocenters. The summed E-state index contributed by atoms with van der Waals surface area (Å²) >= 11 is 0. The number of hydrogen-bond acceptors (Lipinski definition) is 2. The van der Waals surface area contributed by atoms with Crippen LogP contribution >= 0.6 is 0 Å². The Morgan fingerprint density at radius 3 is 2.50 bits per heavy atom. The minimum Gasteiger partial charge on any atom is -0.395 e. The van der Waals surface area contributed by atoms with Crippen LogP contribution in [0.5, 0.6) is 0 Å². The fourth-order valence-electron chi connectivity index (χ4n) is 0.857. The minimum atomic E-state index is 0.151. The molecule has 0 fully saturated rings. The summed E-state index contributed by atoms with van der Waals surface area (Å²) in [6.07, 6.45) is 3.69. The van der Waals surface area contributed by atoms with Gasteiger partial charge >= 0.3 is 0 Å². The van der Waals surface area contributed by atoms with E-state index in [1.807, 2.05) is 24.9 Å². The van der Waals surface area contributed by atoms with Crippen LogP contribution < -0.4 is 0 Å². The molecule has 0 aromatic heterocycles. The summed E-state index contributed by atoms with van der Waals surface area (Å²) in [5.41, 5.74) is 1.96. The molecule has 1 N–H and O–H groups in total. The zero-order valence-corrected chi connectivity index (χ0v) is 7.88. The number of rotatable bonds is 5. The van der Waals surface area contributed by atoms with Crippen molar-refractivity contribution in [2.45, 2.75) is 6.92 Å². The third-order valence-corrected chi connectivity index (χ3v) is 1.48. The number of allylic oxidation sites excluding steroid dienone is 3. The average Bonchev–Trinajstić information content (AvgIpc) is 2.00. The lowest BCUT2D eigenvalue weighted by Crippen LogP contribution is -2.20. The van der Waals surface area contributed by atoms with Gasteiger partial charge in [-0.15, -0.1) is 0 Å². The third kappa shape index (κ3) is 3.98. The lowest BCUT2D eigenvalue weighted by atomic mass is 10.2. The summed E-state index contributed by atoms with van der Waals surface area (Å²) < 4.78 is 0. The summed E-state index contributed by atoms with van der Waals surface area (Å²) in [7, 11) is 1.91. The van der Waals surface area contributed by atoms with Crippen molar-refractivity contribution in [1.82, 2.24) is 4.90 Å². The second-order valence-electron chi connectivity index (χ2n) is 2.76. The standard InChI is InChI=1S/C10H17NO/c1-5-10(8-9(2)3)11(4)6-7-12/h5,8,12H,1-2,6-7H2,3-4H3/b10-8+. The highest BCUT2D eigenvalue weighted by Crippen LogP contribution is 2.05. The summed E-state index contributed by atoms with van der Waals surface area (Å²) in [5.74, 6) is 0. The normalized spacial score (nSPS) is 11.1. The summed E-state index contributed by atoms with van der Waals surface area (Å²) in [6.45, 7) is 10.2. The maximum Gasteiger partial charge on any atom is 0.0606 e. The van der Waals surface area contributed by atoms with Crippen molar-refractivity contribution < 1.29 is 5.11 Å². The van der Waals surface area contributed by atoms with Gasteiger partial charge in [0, 0.05) is 19.3 Å². The van der Waals surface area contributed by atoms with Gasteiger partial charge < -0.3 is 10.0 Å². The monoisotopic (exact) mass is 167 g/mol. The Labute approximate surface area is 74.5 Å². The molecular weight excluding hydrogens is 150 g/mol. The van der Waals surface area contributed by atoms with Gasteiger partial charge in [-0.2, -0.15) is 0 Å². The molecule has 0 aliphatic heterocycles. The second kappa shape index (κ2) is 5.61. The average molecular weight is 167 g/mol. The van der Waals surface area contributed by atoms with E-state index in [0.29, 0.717) is 6.54 Å². The molecule has 0 amide bonds. The minimum absolute atomic E-state index is 0.151. The Kier molecular flexibility index (Phi) is 5.13. The molecule has 0 heterocycles.